The van der Waals surface area contributed by atoms with E-state index in [9.17, 15) is 9.59 Å². The third-order valence-electron chi connectivity index (χ3n) is 2.58. The van der Waals surface area contributed by atoms with Crippen LogP contribution in [0.4, 0.5) is 10.5 Å². The average molecular weight is 411 g/mol. The van der Waals surface area contributed by atoms with Crippen molar-refractivity contribution < 1.29 is 14.7 Å². The third-order valence-corrected chi connectivity index (χ3v) is 3.57. The fourth-order valence-electron chi connectivity index (χ4n) is 1.60. The number of rotatable bonds is 6. The highest BCUT2D eigenvalue weighted by molar-refractivity contribution is 14.1. The zero-order valence-electron chi connectivity index (χ0n) is 11.0. The zero-order valence-corrected chi connectivity index (χ0v) is 13.9. The molecule has 3 N–H and O–H groups in total. The molecule has 0 radical (unpaired) electrons. The highest BCUT2D eigenvalue weighted by atomic mass is 127. The molecule has 0 aliphatic carbocycles. The number of hydrogen-bond acceptors (Lipinski definition) is 2. The summed E-state index contributed by atoms with van der Waals surface area (Å²) in [5.41, 5.74) is 0.544. The lowest BCUT2D eigenvalue weighted by molar-refractivity contribution is -0.137. The minimum absolute atomic E-state index is 0.100. The van der Waals surface area contributed by atoms with E-state index < -0.39 is 5.97 Å². The Morgan fingerprint density at radius 2 is 2.15 bits per heavy atom. The highest BCUT2D eigenvalue weighted by Gasteiger charge is 2.10. The summed E-state index contributed by atoms with van der Waals surface area (Å²) in [5.74, 6) is -0.827. The van der Waals surface area contributed by atoms with Crippen molar-refractivity contribution in [2.24, 2.45) is 0 Å². The van der Waals surface area contributed by atoms with Crippen LogP contribution in [-0.2, 0) is 4.79 Å². The predicted octanol–water partition coefficient (Wildman–Crippen LogP) is 3.71. The smallest absolute Gasteiger partial charge is 0.319 e. The van der Waals surface area contributed by atoms with Gasteiger partial charge in [0.1, 0.15) is 0 Å². The molecular formula is C13H16ClIN2O3. The minimum Gasteiger partial charge on any atom is -0.481 e. The van der Waals surface area contributed by atoms with Gasteiger partial charge in [0.15, 0.2) is 0 Å². The molecule has 1 rings (SSSR count). The molecule has 0 spiro atoms. The van der Waals surface area contributed by atoms with Crippen LogP contribution < -0.4 is 10.6 Å². The molecule has 2 amide bonds. The van der Waals surface area contributed by atoms with Crippen LogP contribution in [0.25, 0.3) is 0 Å². The Hall–Kier alpha value is -1.02. The van der Waals surface area contributed by atoms with Crippen LogP contribution in [0, 0.1) is 3.57 Å². The van der Waals surface area contributed by atoms with Gasteiger partial charge in [0, 0.05) is 16.0 Å². The van der Waals surface area contributed by atoms with Crippen LogP contribution in [0.15, 0.2) is 18.2 Å². The van der Waals surface area contributed by atoms with Gasteiger partial charge in [0.25, 0.3) is 0 Å². The fraction of sp³-hybridized carbons (Fsp3) is 0.385. The second kappa shape index (κ2) is 8.31. The van der Waals surface area contributed by atoms with Gasteiger partial charge in [-0.15, -0.1) is 0 Å². The molecule has 1 atom stereocenters. The standard InChI is InChI=1S/C13H16ClIN2O3/c1-8(3-2-4-12(18)19)16-13(20)17-11-6-5-9(15)7-10(11)14/h5-8H,2-4H2,1H3,(H,18,19)(H2,16,17,20). The number of carbonyl (C=O) groups excluding carboxylic acids is 1. The van der Waals surface area contributed by atoms with Crippen LogP contribution in [0.3, 0.4) is 0 Å². The lowest BCUT2D eigenvalue weighted by Crippen LogP contribution is -2.36. The van der Waals surface area contributed by atoms with Gasteiger partial charge in [-0.1, -0.05) is 11.6 Å². The second-order valence-electron chi connectivity index (χ2n) is 4.41. The van der Waals surface area contributed by atoms with Crippen LogP contribution in [0.5, 0.6) is 0 Å². The number of aliphatic carboxylic acids is 1. The number of benzene rings is 1. The first-order valence-electron chi connectivity index (χ1n) is 6.13. The summed E-state index contributed by atoms with van der Waals surface area (Å²) >= 11 is 8.15. The van der Waals surface area contributed by atoms with Gasteiger partial charge in [0.2, 0.25) is 0 Å². The summed E-state index contributed by atoms with van der Waals surface area (Å²) in [5, 5.41) is 14.4. The molecule has 20 heavy (non-hydrogen) atoms. The summed E-state index contributed by atoms with van der Waals surface area (Å²) in [6.45, 7) is 1.83. The Morgan fingerprint density at radius 1 is 1.45 bits per heavy atom. The molecule has 1 unspecified atom stereocenters. The van der Waals surface area contributed by atoms with Gasteiger partial charge < -0.3 is 15.7 Å². The molecular weight excluding hydrogens is 395 g/mol. The summed E-state index contributed by atoms with van der Waals surface area (Å²) in [6, 6.07) is 4.89. The quantitative estimate of drug-likeness (QED) is 0.626. The number of hydrogen-bond donors (Lipinski definition) is 3. The van der Waals surface area contributed by atoms with Gasteiger partial charge in [-0.2, -0.15) is 0 Å². The number of nitrogens with one attached hydrogen (secondary N) is 2. The van der Waals surface area contributed by atoms with E-state index in [0.29, 0.717) is 23.6 Å². The first-order valence-corrected chi connectivity index (χ1v) is 7.58. The van der Waals surface area contributed by atoms with E-state index in [-0.39, 0.29) is 18.5 Å². The Labute approximate surface area is 136 Å². The molecule has 0 aliphatic rings. The number of carboxylic acids is 1. The van der Waals surface area contributed by atoms with E-state index in [4.69, 9.17) is 16.7 Å². The second-order valence-corrected chi connectivity index (χ2v) is 6.06. The topological polar surface area (TPSA) is 78.4 Å². The molecule has 0 fully saturated rings. The Kier molecular flexibility index (Phi) is 7.08. The summed E-state index contributed by atoms with van der Waals surface area (Å²) in [7, 11) is 0. The van der Waals surface area contributed by atoms with Gasteiger partial charge in [0.05, 0.1) is 10.7 Å². The molecule has 7 heteroatoms. The monoisotopic (exact) mass is 410 g/mol. The lowest BCUT2D eigenvalue weighted by Gasteiger charge is -2.14. The van der Waals surface area contributed by atoms with Crippen molar-refractivity contribution in [3.63, 3.8) is 0 Å². The van der Waals surface area contributed by atoms with Crippen LogP contribution >= 0.6 is 34.2 Å². The first-order chi connectivity index (χ1) is 9.38. The maximum atomic E-state index is 11.8. The van der Waals surface area contributed by atoms with E-state index in [0.717, 1.165) is 3.57 Å². The van der Waals surface area contributed by atoms with Crippen molar-refractivity contribution >= 4 is 51.9 Å². The first kappa shape index (κ1) is 17.0. The molecule has 1 aromatic carbocycles. The summed E-state index contributed by atoms with van der Waals surface area (Å²) < 4.78 is 0.987. The van der Waals surface area contributed by atoms with E-state index in [1.165, 1.54) is 0 Å². The van der Waals surface area contributed by atoms with Crippen molar-refractivity contribution in [1.29, 1.82) is 0 Å². The molecule has 110 valence electrons. The Balaban J connectivity index is 2.41. The lowest BCUT2D eigenvalue weighted by atomic mass is 10.1. The molecule has 5 nitrogen and oxygen atoms in total. The van der Waals surface area contributed by atoms with Gasteiger partial charge in [-0.25, -0.2) is 4.79 Å². The largest absolute Gasteiger partial charge is 0.481 e. The van der Waals surface area contributed by atoms with Crippen molar-refractivity contribution in [1.82, 2.24) is 5.32 Å². The minimum atomic E-state index is -0.827. The van der Waals surface area contributed by atoms with Crippen molar-refractivity contribution in [2.45, 2.75) is 32.2 Å². The van der Waals surface area contributed by atoms with Crippen LogP contribution in [0.1, 0.15) is 26.2 Å². The normalized spacial score (nSPS) is 11.8. The van der Waals surface area contributed by atoms with E-state index in [2.05, 4.69) is 33.2 Å². The highest BCUT2D eigenvalue weighted by Crippen LogP contribution is 2.23. The van der Waals surface area contributed by atoms with Crippen LogP contribution in [-0.4, -0.2) is 23.1 Å². The SMILES string of the molecule is CC(CCCC(=O)O)NC(=O)Nc1ccc(I)cc1Cl. The van der Waals surface area contributed by atoms with Crippen LogP contribution in [0.2, 0.25) is 5.02 Å². The molecule has 0 saturated heterocycles. The van der Waals surface area contributed by atoms with E-state index in [1.807, 2.05) is 13.0 Å². The molecule has 1 aromatic rings. The molecule has 0 heterocycles. The van der Waals surface area contributed by atoms with Gasteiger partial charge in [-0.05, 0) is 60.6 Å². The number of amides is 2. The van der Waals surface area contributed by atoms with Crippen molar-refractivity contribution in [3.8, 4) is 0 Å². The van der Waals surface area contributed by atoms with Gasteiger partial charge in [-0.3, -0.25) is 4.79 Å². The van der Waals surface area contributed by atoms with E-state index in [1.54, 1.807) is 12.1 Å². The maximum Gasteiger partial charge on any atom is 0.319 e. The van der Waals surface area contributed by atoms with Crippen molar-refractivity contribution in [2.75, 3.05) is 5.32 Å². The number of urea groups is 1. The predicted molar refractivity (Wildman–Crippen MR) is 87.3 cm³/mol. The Morgan fingerprint density at radius 3 is 2.75 bits per heavy atom. The molecule has 0 aromatic heterocycles. The Bertz CT molecular complexity index is 497. The van der Waals surface area contributed by atoms with Gasteiger partial charge >= 0.3 is 12.0 Å². The number of carboxylic acid groups (broad SMARTS) is 1. The summed E-state index contributed by atoms with van der Waals surface area (Å²) in [6.07, 6.45) is 1.25. The fourth-order valence-corrected chi connectivity index (χ4v) is 2.51. The average Bonchev–Trinajstić information content (AvgIpc) is 2.32. The number of carbonyl (C=O) groups is 2. The number of anilines is 1. The third kappa shape index (κ3) is 6.42. The molecule has 0 aliphatic heterocycles. The zero-order chi connectivity index (χ0) is 15.1. The van der Waals surface area contributed by atoms with E-state index >= 15 is 0 Å². The van der Waals surface area contributed by atoms with Crippen molar-refractivity contribution in [3.05, 3.63) is 26.8 Å². The maximum absolute atomic E-state index is 11.8. The number of halogens is 2. The molecule has 0 saturated carbocycles. The molecule has 0 bridgehead atoms. The summed E-state index contributed by atoms with van der Waals surface area (Å²) in [4.78, 5) is 22.2.